The van der Waals surface area contributed by atoms with E-state index in [4.69, 9.17) is 5.73 Å². The van der Waals surface area contributed by atoms with E-state index in [0.29, 0.717) is 11.7 Å². The van der Waals surface area contributed by atoms with Gasteiger partial charge in [-0.15, -0.1) is 0 Å². The van der Waals surface area contributed by atoms with E-state index in [1.54, 1.807) is 0 Å². The predicted molar refractivity (Wildman–Crippen MR) is 62.8 cm³/mol. The van der Waals surface area contributed by atoms with Gasteiger partial charge in [-0.05, 0) is 19.3 Å². The number of nitrogens with two attached hydrogens (primary N) is 1. The molecule has 1 aliphatic carbocycles. The van der Waals surface area contributed by atoms with Crippen molar-refractivity contribution in [3.63, 3.8) is 0 Å². The zero-order valence-electron chi connectivity index (χ0n) is 9.55. The second-order valence-corrected chi connectivity index (χ2v) is 4.54. The summed E-state index contributed by atoms with van der Waals surface area (Å²) in [6.07, 6.45) is 9.08. The van der Waals surface area contributed by atoms with Crippen molar-refractivity contribution in [2.75, 3.05) is 5.73 Å². The Morgan fingerprint density at radius 1 is 1.27 bits per heavy atom. The van der Waals surface area contributed by atoms with Crippen molar-refractivity contribution in [1.29, 1.82) is 0 Å². The quantitative estimate of drug-likeness (QED) is 0.732. The molecule has 0 aromatic carbocycles. The molecule has 3 N–H and O–H groups in total. The molecule has 84 valence electrons. The molecule has 1 aromatic rings. The van der Waals surface area contributed by atoms with Gasteiger partial charge in [-0.3, -0.25) is 5.10 Å². The molecule has 1 aliphatic rings. The Labute approximate surface area is 91.4 Å². The molecule has 3 heteroatoms. The Kier molecular flexibility index (Phi) is 3.29. The largest absolute Gasteiger partial charge is 0.382 e. The Morgan fingerprint density at radius 3 is 2.53 bits per heavy atom. The van der Waals surface area contributed by atoms with Crippen LogP contribution < -0.4 is 5.73 Å². The van der Waals surface area contributed by atoms with Gasteiger partial charge >= 0.3 is 0 Å². The lowest BCUT2D eigenvalue weighted by Crippen LogP contribution is -2.02. The maximum atomic E-state index is 5.86. The van der Waals surface area contributed by atoms with E-state index in [1.807, 2.05) is 0 Å². The van der Waals surface area contributed by atoms with Crippen LogP contribution in [-0.2, 0) is 6.42 Å². The number of nitrogens with one attached hydrogen (secondary N) is 1. The van der Waals surface area contributed by atoms with E-state index in [2.05, 4.69) is 17.1 Å². The van der Waals surface area contributed by atoms with Crippen molar-refractivity contribution in [2.24, 2.45) is 0 Å². The zero-order valence-corrected chi connectivity index (χ0v) is 9.55. The third kappa shape index (κ3) is 2.16. The first-order chi connectivity index (χ1) is 7.33. The van der Waals surface area contributed by atoms with Crippen molar-refractivity contribution in [3.8, 4) is 0 Å². The second kappa shape index (κ2) is 4.69. The van der Waals surface area contributed by atoms with Crippen molar-refractivity contribution < 1.29 is 0 Å². The minimum Gasteiger partial charge on any atom is -0.382 e. The molecule has 2 rings (SSSR count). The molecule has 1 aromatic heterocycles. The fraction of sp³-hybridized carbons (Fsp3) is 0.750. The Morgan fingerprint density at radius 2 is 1.93 bits per heavy atom. The molecule has 0 atom stereocenters. The summed E-state index contributed by atoms with van der Waals surface area (Å²) >= 11 is 0. The van der Waals surface area contributed by atoms with E-state index >= 15 is 0 Å². The van der Waals surface area contributed by atoms with Crippen molar-refractivity contribution in [2.45, 2.75) is 57.8 Å². The summed E-state index contributed by atoms with van der Waals surface area (Å²) in [7, 11) is 0. The number of hydrogen-bond donors (Lipinski definition) is 2. The van der Waals surface area contributed by atoms with Gasteiger partial charge in [0.2, 0.25) is 0 Å². The third-order valence-electron chi connectivity index (χ3n) is 3.55. The number of hydrogen-bond acceptors (Lipinski definition) is 2. The minimum atomic E-state index is 0.673. The molecule has 0 saturated heterocycles. The van der Waals surface area contributed by atoms with Gasteiger partial charge in [-0.1, -0.05) is 32.6 Å². The molecule has 15 heavy (non-hydrogen) atoms. The molecule has 0 bridgehead atoms. The minimum absolute atomic E-state index is 0.673. The van der Waals surface area contributed by atoms with E-state index in [1.165, 1.54) is 49.8 Å². The Balaban J connectivity index is 2.19. The van der Waals surface area contributed by atoms with Gasteiger partial charge in [0, 0.05) is 17.2 Å². The van der Waals surface area contributed by atoms with Crippen LogP contribution in [-0.4, -0.2) is 10.2 Å². The molecule has 1 heterocycles. The number of rotatable bonds is 2. The average molecular weight is 207 g/mol. The summed E-state index contributed by atoms with van der Waals surface area (Å²) in [6, 6.07) is 0. The summed E-state index contributed by atoms with van der Waals surface area (Å²) < 4.78 is 0. The molecule has 1 fully saturated rings. The van der Waals surface area contributed by atoms with E-state index in [-0.39, 0.29) is 0 Å². The second-order valence-electron chi connectivity index (χ2n) is 4.54. The van der Waals surface area contributed by atoms with Crippen molar-refractivity contribution in [3.05, 3.63) is 11.3 Å². The van der Waals surface area contributed by atoms with Crippen molar-refractivity contribution >= 4 is 5.82 Å². The molecule has 0 unspecified atom stereocenters. The van der Waals surface area contributed by atoms with Gasteiger partial charge in [0.25, 0.3) is 0 Å². The fourth-order valence-electron chi connectivity index (χ4n) is 2.67. The molecule has 0 aliphatic heterocycles. The standard InChI is InChI=1S/C12H21N3/c1-2-10-11(14-15-12(10)13)9-7-5-3-4-6-8-9/h9H,2-8H2,1H3,(H3,13,14,15). The summed E-state index contributed by atoms with van der Waals surface area (Å²) in [5.41, 5.74) is 8.42. The van der Waals surface area contributed by atoms with Crippen LogP contribution in [0.4, 0.5) is 5.82 Å². The van der Waals surface area contributed by atoms with Gasteiger partial charge in [0.05, 0.1) is 0 Å². The van der Waals surface area contributed by atoms with Crippen LogP contribution in [0.25, 0.3) is 0 Å². The number of nitrogen functional groups attached to an aromatic ring is 1. The van der Waals surface area contributed by atoms with E-state index in [9.17, 15) is 0 Å². The molecule has 1 saturated carbocycles. The molecule has 0 radical (unpaired) electrons. The van der Waals surface area contributed by atoms with Crippen LogP contribution in [0.1, 0.15) is 62.6 Å². The first kappa shape index (κ1) is 10.5. The highest BCUT2D eigenvalue weighted by Crippen LogP contribution is 2.33. The molecular weight excluding hydrogens is 186 g/mol. The number of aromatic nitrogens is 2. The molecular formula is C12H21N3. The zero-order chi connectivity index (χ0) is 10.7. The normalized spacial score (nSPS) is 19.0. The number of nitrogens with zero attached hydrogens (tertiary/aromatic N) is 1. The van der Waals surface area contributed by atoms with Crippen LogP contribution in [0.5, 0.6) is 0 Å². The molecule has 3 nitrogen and oxygen atoms in total. The van der Waals surface area contributed by atoms with Crippen LogP contribution in [0.2, 0.25) is 0 Å². The maximum absolute atomic E-state index is 5.86. The van der Waals surface area contributed by atoms with Gasteiger partial charge in [-0.2, -0.15) is 5.10 Å². The highest BCUT2D eigenvalue weighted by atomic mass is 15.2. The van der Waals surface area contributed by atoms with E-state index in [0.717, 1.165) is 6.42 Å². The number of anilines is 1. The average Bonchev–Trinajstić information content (AvgIpc) is 2.48. The smallest absolute Gasteiger partial charge is 0.148 e. The first-order valence-corrected chi connectivity index (χ1v) is 6.15. The topological polar surface area (TPSA) is 54.7 Å². The van der Waals surface area contributed by atoms with Gasteiger partial charge in [-0.25, -0.2) is 0 Å². The monoisotopic (exact) mass is 207 g/mol. The molecule has 0 spiro atoms. The summed E-state index contributed by atoms with van der Waals surface area (Å²) in [5, 5.41) is 7.29. The lowest BCUT2D eigenvalue weighted by molar-refractivity contribution is 0.572. The summed E-state index contributed by atoms with van der Waals surface area (Å²) in [4.78, 5) is 0. The van der Waals surface area contributed by atoms with Gasteiger partial charge in [0.15, 0.2) is 0 Å². The van der Waals surface area contributed by atoms with Crippen LogP contribution in [0.15, 0.2) is 0 Å². The number of H-pyrrole nitrogens is 1. The van der Waals surface area contributed by atoms with Crippen LogP contribution in [0.3, 0.4) is 0 Å². The van der Waals surface area contributed by atoms with Crippen LogP contribution in [0, 0.1) is 0 Å². The van der Waals surface area contributed by atoms with Gasteiger partial charge < -0.3 is 5.73 Å². The third-order valence-corrected chi connectivity index (χ3v) is 3.55. The lowest BCUT2D eigenvalue weighted by atomic mass is 9.93. The molecule has 0 amide bonds. The van der Waals surface area contributed by atoms with E-state index < -0.39 is 0 Å². The summed E-state index contributed by atoms with van der Waals surface area (Å²) in [5.74, 6) is 1.38. The predicted octanol–water partition coefficient (Wildman–Crippen LogP) is 2.99. The SMILES string of the molecule is CCc1c(N)n[nH]c1C1CCCCCC1. The Hall–Kier alpha value is -0.990. The van der Waals surface area contributed by atoms with Crippen molar-refractivity contribution in [1.82, 2.24) is 10.2 Å². The Bertz CT molecular complexity index is 309. The van der Waals surface area contributed by atoms with Gasteiger partial charge in [0.1, 0.15) is 5.82 Å². The summed E-state index contributed by atoms with van der Waals surface area (Å²) in [6.45, 7) is 2.15. The fourth-order valence-corrected chi connectivity index (χ4v) is 2.67. The highest BCUT2D eigenvalue weighted by molar-refractivity contribution is 5.43. The number of aromatic amines is 1. The first-order valence-electron chi connectivity index (χ1n) is 6.15. The lowest BCUT2D eigenvalue weighted by Gasteiger charge is -2.13. The highest BCUT2D eigenvalue weighted by Gasteiger charge is 2.20. The van der Waals surface area contributed by atoms with Crippen LogP contribution >= 0.6 is 0 Å². The maximum Gasteiger partial charge on any atom is 0.148 e.